The fourth-order valence-corrected chi connectivity index (χ4v) is 3.54. The van der Waals surface area contributed by atoms with Crippen LogP contribution in [0.3, 0.4) is 0 Å². The molecular formula is C17H28N2O6S. The highest BCUT2D eigenvalue weighted by Crippen LogP contribution is 2.41. The van der Waals surface area contributed by atoms with Crippen molar-refractivity contribution >= 4 is 21.6 Å². The molecule has 1 amide bonds. The molecule has 0 saturated carbocycles. The maximum atomic E-state index is 12.3. The largest absolute Gasteiger partial charge is 0.493 e. The Kier molecular flexibility index (Phi) is 8.01. The van der Waals surface area contributed by atoms with Gasteiger partial charge in [0.05, 0.1) is 33.3 Å². The number of carbonyl (C=O) groups excluding carboxylic acids is 1. The average molecular weight is 388 g/mol. The van der Waals surface area contributed by atoms with E-state index in [1.54, 1.807) is 17.0 Å². The molecule has 0 aromatic heterocycles. The van der Waals surface area contributed by atoms with E-state index in [-0.39, 0.29) is 18.9 Å². The number of benzene rings is 1. The number of nitrogens with zero attached hydrogens (tertiary/aromatic N) is 2. The number of anilines is 1. The molecular weight excluding hydrogens is 360 g/mol. The van der Waals surface area contributed by atoms with Gasteiger partial charge in [-0.05, 0) is 13.8 Å². The van der Waals surface area contributed by atoms with Crippen LogP contribution in [0.4, 0.5) is 5.69 Å². The minimum atomic E-state index is -3.61. The molecule has 0 heterocycles. The van der Waals surface area contributed by atoms with Crippen molar-refractivity contribution in [1.29, 1.82) is 0 Å². The van der Waals surface area contributed by atoms with Crippen molar-refractivity contribution in [3.05, 3.63) is 12.1 Å². The van der Waals surface area contributed by atoms with Crippen LogP contribution in [0.1, 0.15) is 20.3 Å². The SMILES string of the molecule is CCN(CC)C(=O)CCN(c1cc(OC)c(OC)c(OC)c1)S(C)(=O)=O. The molecule has 1 aromatic rings. The van der Waals surface area contributed by atoms with Crippen molar-refractivity contribution in [3.8, 4) is 17.2 Å². The number of methoxy groups -OCH3 is 3. The number of carbonyl (C=O) groups is 1. The molecule has 1 aromatic carbocycles. The first-order valence-corrected chi connectivity index (χ1v) is 10.1. The minimum Gasteiger partial charge on any atom is -0.493 e. The highest BCUT2D eigenvalue weighted by molar-refractivity contribution is 7.92. The van der Waals surface area contributed by atoms with Gasteiger partial charge >= 0.3 is 0 Å². The molecule has 9 heteroatoms. The van der Waals surface area contributed by atoms with Crippen LogP contribution in [-0.2, 0) is 14.8 Å². The van der Waals surface area contributed by atoms with Crippen LogP contribution >= 0.6 is 0 Å². The molecule has 0 unspecified atom stereocenters. The second-order valence-electron chi connectivity index (χ2n) is 5.53. The van der Waals surface area contributed by atoms with E-state index in [9.17, 15) is 13.2 Å². The summed E-state index contributed by atoms with van der Waals surface area (Å²) in [5.41, 5.74) is 0.342. The summed E-state index contributed by atoms with van der Waals surface area (Å²) in [4.78, 5) is 13.9. The number of sulfonamides is 1. The van der Waals surface area contributed by atoms with E-state index < -0.39 is 10.0 Å². The van der Waals surface area contributed by atoms with E-state index in [0.717, 1.165) is 6.26 Å². The fourth-order valence-electron chi connectivity index (χ4n) is 2.63. The summed E-state index contributed by atoms with van der Waals surface area (Å²) in [5.74, 6) is 0.943. The lowest BCUT2D eigenvalue weighted by molar-refractivity contribution is -0.130. The molecule has 8 nitrogen and oxygen atoms in total. The molecule has 0 saturated heterocycles. The number of hydrogen-bond acceptors (Lipinski definition) is 6. The number of amides is 1. The Labute approximate surface area is 155 Å². The van der Waals surface area contributed by atoms with Gasteiger partial charge in [-0.3, -0.25) is 9.10 Å². The third kappa shape index (κ3) is 5.17. The van der Waals surface area contributed by atoms with Gasteiger partial charge in [0, 0.05) is 38.2 Å². The summed E-state index contributed by atoms with van der Waals surface area (Å²) in [6.07, 6.45) is 1.17. The first kappa shape index (κ1) is 21.9. The molecule has 0 N–H and O–H groups in total. The molecule has 1 rings (SSSR count). The second kappa shape index (κ2) is 9.51. The van der Waals surface area contributed by atoms with E-state index in [1.807, 2.05) is 13.8 Å². The highest BCUT2D eigenvalue weighted by Gasteiger charge is 2.23. The van der Waals surface area contributed by atoms with Crippen LogP contribution in [0.2, 0.25) is 0 Å². The Morgan fingerprint density at radius 2 is 1.50 bits per heavy atom. The smallest absolute Gasteiger partial charge is 0.232 e. The van der Waals surface area contributed by atoms with Gasteiger partial charge < -0.3 is 19.1 Å². The predicted molar refractivity (Wildman–Crippen MR) is 101 cm³/mol. The first-order valence-electron chi connectivity index (χ1n) is 8.28. The van der Waals surface area contributed by atoms with Crippen LogP contribution in [0.15, 0.2) is 12.1 Å². The summed E-state index contributed by atoms with van der Waals surface area (Å²) in [5, 5.41) is 0. The van der Waals surface area contributed by atoms with Crippen molar-refractivity contribution < 1.29 is 27.4 Å². The van der Waals surface area contributed by atoms with E-state index >= 15 is 0 Å². The van der Waals surface area contributed by atoms with E-state index in [2.05, 4.69) is 0 Å². The monoisotopic (exact) mass is 388 g/mol. The van der Waals surface area contributed by atoms with E-state index in [0.29, 0.717) is 36.0 Å². The zero-order valence-electron chi connectivity index (χ0n) is 16.2. The molecule has 0 aliphatic heterocycles. The molecule has 0 spiro atoms. The molecule has 0 radical (unpaired) electrons. The molecule has 0 aliphatic carbocycles. The van der Waals surface area contributed by atoms with Gasteiger partial charge in [-0.15, -0.1) is 0 Å². The van der Waals surface area contributed by atoms with Crippen molar-refractivity contribution in [2.75, 3.05) is 51.5 Å². The molecule has 26 heavy (non-hydrogen) atoms. The van der Waals surface area contributed by atoms with Gasteiger partial charge in [0.2, 0.25) is 21.7 Å². The van der Waals surface area contributed by atoms with Crippen LogP contribution < -0.4 is 18.5 Å². The molecule has 148 valence electrons. The van der Waals surface area contributed by atoms with Gasteiger partial charge in [-0.2, -0.15) is 0 Å². The van der Waals surface area contributed by atoms with Crippen molar-refractivity contribution in [2.24, 2.45) is 0 Å². The zero-order chi connectivity index (χ0) is 19.9. The van der Waals surface area contributed by atoms with Gasteiger partial charge in [-0.1, -0.05) is 0 Å². The Balaban J connectivity index is 3.24. The van der Waals surface area contributed by atoms with Crippen LogP contribution in [0.5, 0.6) is 17.2 Å². The van der Waals surface area contributed by atoms with Gasteiger partial charge in [0.1, 0.15) is 0 Å². The van der Waals surface area contributed by atoms with E-state index in [4.69, 9.17) is 14.2 Å². The van der Waals surface area contributed by atoms with Crippen molar-refractivity contribution in [2.45, 2.75) is 20.3 Å². The Bertz CT molecular complexity index is 691. The van der Waals surface area contributed by atoms with Gasteiger partial charge in [0.25, 0.3) is 0 Å². The van der Waals surface area contributed by atoms with Crippen LogP contribution in [0.25, 0.3) is 0 Å². The fraction of sp³-hybridized carbons (Fsp3) is 0.588. The van der Waals surface area contributed by atoms with Crippen LogP contribution in [0, 0.1) is 0 Å². The second-order valence-corrected chi connectivity index (χ2v) is 7.44. The summed E-state index contributed by atoms with van der Waals surface area (Å²) in [6.45, 7) is 4.95. The number of rotatable bonds is 10. The van der Waals surface area contributed by atoms with Crippen molar-refractivity contribution in [1.82, 2.24) is 4.90 Å². The molecule has 0 aliphatic rings. The lowest BCUT2D eigenvalue weighted by Crippen LogP contribution is -2.36. The third-order valence-corrected chi connectivity index (χ3v) is 5.18. The summed E-state index contributed by atoms with van der Waals surface area (Å²) < 4.78 is 41.6. The quantitative estimate of drug-likeness (QED) is 0.607. The lowest BCUT2D eigenvalue weighted by atomic mass is 10.2. The lowest BCUT2D eigenvalue weighted by Gasteiger charge is -2.25. The summed E-state index contributed by atoms with van der Waals surface area (Å²) >= 11 is 0. The zero-order valence-corrected chi connectivity index (χ0v) is 17.1. The topological polar surface area (TPSA) is 85.4 Å². The Morgan fingerprint density at radius 1 is 1.00 bits per heavy atom. The number of ether oxygens (including phenoxy) is 3. The Morgan fingerprint density at radius 3 is 1.85 bits per heavy atom. The molecule has 0 atom stereocenters. The predicted octanol–water partition coefficient (Wildman–Crippen LogP) is 1.74. The average Bonchev–Trinajstić information content (AvgIpc) is 2.60. The molecule has 0 fully saturated rings. The first-order chi connectivity index (χ1) is 12.2. The Hall–Kier alpha value is -2.16. The maximum Gasteiger partial charge on any atom is 0.232 e. The van der Waals surface area contributed by atoms with Gasteiger partial charge in [0.15, 0.2) is 11.5 Å². The van der Waals surface area contributed by atoms with Crippen molar-refractivity contribution in [3.63, 3.8) is 0 Å². The normalized spacial score (nSPS) is 11.0. The van der Waals surface area contributed by atoms with E-state index in [1.165, 1.54) is 25.6 Å². The standard InChI is InChI=1S/C17H28N2O6S/c1-7-18(8-2)16(20)9-10-19(26(6,21)22)13-11-14(23-3)17(25-5)15(12-13)24-4/h11-12H,7-10H2,1-6H3. The number of hydrogen-bond donors (Lipinski definition) is 0. The van der Waals surface area contributed by atoms with Crippen LogP contribution in [-0.4, -0.2) is 66.4 Å². The maximum absolute atomic E-state index is 12.3. The molecule has 0 bridgehead atoms. The minimum absolute atomic E-state index is 0.0206. The third-order valence-electron chi connectivity index (χ3n) is 3.98. The summed E-state index contributed by atoms with van der Waals surface area (Å²) in [6, 6.07) is 3.09. The summed E-state index contributed by atoms with van der Waals surface area (Å²) in [7, 11) is 0.766. The highest BCUT2D eigenvalue weighted by atomic mass is 32.2. The van der Waals surface area contributed by atoms with Gasteiger partial charge in [-0.25, -0.2) is 8.42 Å².